The van der Waals surface area contributed by atoms with E-state index in [0.717, 1.165) is 12.5 Å². The molecule has 0 aliphatic heterocycles. The standard InChI is InChI=1S/C12H25NO2/c1-5-15-12(14)8-9-13-11(4)7-6-10(2)3/h10-11,13H,5-9H2,1-4H3. The molecule has 90 valence electrons. The van der Waals surface area contributed by atoms with Crippen LogP contribution in [0.1, 0.15) is 47.0 Å². The summed E-state index contributed by atoms with van der Waals surface area (Å²) in [6, 6.07) is 0.488. The number of esters is 1. The van der Waals surface area contributed by atoms with Gasteiger partial charge in [-0.15, -0.1) is 0 Å². The highest BCUT2D eigenvalue weighted by molar-refractivity contribution is 5.69. The molecule has 1 atom stereocenters. The highest BCUT2D eigenvalue weighted by Gasteiger charge is 2.05. The van der Waals surface area contributed by atoms with Crippen LogP contribution in [0.15, 0.2) is 0 Å². The third kappa shape index (κ3) is 9.73. The van der Waals surface area contributed by atoms with Crippen molar-refractivity contribution < 1.29 is 9.53 Å². The van der Waals surface area contributed by atoms with Crippen molar-refractivity contribution in [2.45, 2.75) is 53.0 Å². The molecule has 0 aromatic rings. The first-order chi connectivity index (χ1) is 7.06. The summed E-state index contributed by atoms with van der Waals surface area (Å²) >= 11 is 0. The fraction of sp³-hybridized carbons (Fsp3) is 0.917. The highest BCUT2D eigenvalue weighted by atomic mass is 16.5. The lowest BCUT2D eigenvalue weighted by Crippen LogP contribution is -2.29. The van der Waals surface area contributed by atoms with Gasteiger partial charge in [-0.3, -0.25) is 4.79 Å². The van der Waals surface area contributed by atoms with Crippen LogP contribution in [0.3, 0.4) is 0 Å². The molecule has 0 aromatic heterocycles. The van der Waals surface area contributed by atoms with Crippen LogP contribution in [0, 0.1) is 5.92 Å². The molecule has 0 heterocycles. The average molecular weight is 215 g/mol. The highest BCUT2D eigenvalue weighted by Crippen LogP contribution is 2.06. The van der Waals surface area contributed by atoms with E-state index >= 15 is 0 Å². The zero-order chi connectivity index (χ0) is 11.7. The predicted octanol–water partition coefficient (Wildman–Crippen LogP) is 2.35. The topological polar surface area (TPSA) is 38.3 Å². The second kappa shape index (κ2) is 8.72. The van der Waals surface area contributed by atoms with Gasteiger partial charge >= 0.3 is 5.97 Å². The monoisotopic (exact) mass is 215 g/mol. The van der Waals surface area contributed by atoms with Crippen molar-refractivity contribution in [3.05, 3.63) is 0 Å². The molecule has 0 aliphatic carbocycles. The van der Waals surface area contributed by atoms with Crippen molar-refractivity contribution in [2.75, 3.05) is 13.2 Å². The lowest BCUT2D eigenvalue weighted by Gasteiger charge is -2.14. The normalized spacial score (nSPS) is 12.9. The van der Waals surface area contributed by atoms with Crippen LogP contribution >= 0.6 is 0 Å². The Bertz CT molecular complexity index is 169. The van der Waals surface area contributed by atoms with Gasteiger partial charge in [0.25, 0.3) is 0 Å². The van der Waals surface area contributed by atoms with E-state index in [1.165, 1.54) is 12.8 Å². The Morgan fingerprint density at radius 1 is 1.27 bits per heavy atom. The van der Waals surface area contributed by atoms with Crippen molar-refractivity contribution in [1.82, 2.24) is 5.32 Å². The van der Waals surface area contributed by atoms with Crippen LogP contribution in [0.25, 0.3) is 0 Å². The van der Waals surface area contributed by atoms with Crippen molar-refractivity contribution in [2.24, 2.45) is 5.92 Å². The molecule has 15 heavy (non-hydrogen) atoms. The van der Waals surface area contributed by atoms with Crippen LogP contribution in [0.4, 0.5) is 0 Å². The van der Waals surface area contributed by atoms with E-state index in [0.29, 0.717) is 19.1 Å². The SMILES string of the molecule is CCOC(=O)CCNC(C)CCC(C)C. The molecule has 0 aromatic carbocycles. The maximum Gasteiger partial charge on any atom is 0.307 e. The van der Waals surface area contributed by atoms with Gasteiger partial charge in [-0.1, -0.05) is 13.8 Å². The largest absolute Gasteiger partial charge is 0.466 e. The van der Waals surface area contributed by atoms with Crippen LogP contribution in [-0.4, -0.2) is 25.2 Å². The Hall–Kier alpha value is -0.570. The first kappa shape index (κ1) is 14.4. The molecule has 0 saturated carbocycles. The van der Waals surface area contributed by atoms with E-state index < -0.39 is 0 Å². The molecule has 0 aliphatic rings. The molecule has 0 saturated heterocycles. The molecule has 3 nitrogen and oxygen atoms in total. The lowest BCUT2D eigenvalue weighted by atomic mass is 10.0. The van der Waals surface area contributed by atoms with Gasteiger partial charge in [0.2, 0.25) is 0 Å². The molecule has 0 radical (unpaired) electrons. The smallest absolute Gasteiger partial charge is 0.307 e. The van der Waals surface area contributed by atoms with E-state index in [2.05, 4.69) is 26.1 Å². The van der Waals surface area contributed by atoms with E-state index in [1.807, 2.05) is 6.92 Å². The molecule has 0 bridgehead atoms. The van der Waals surface area contributed by atoms with Crippen molar-refractivity contribution in [1.29, 1.82) is 0 Å². The number of carbonyl (C=O) groups is 1. The Morgan fingerprint density at radius 2 is 1.93 bits per heavy atom. The second-order valence-corrected chi connectivity index (χ2v) is 4.38. The maximum absolute atomic E-state index is 11.0. The van der Waals surface area contributed by atoms with Gasteiger partial charge in [-0.2, -0.15) is 0 Å². The number of rotatable bonds is 8. The number of nitrogens with one attached hydrogen (secondary N) is 1. The Kier molecular flexibility index (Phi) is 8.38. The van der Waals surface area contributed by atoms with E-state index in [4.69, 9.17) is 4.74 Å². The third-order valence-electron chi connectivity index (χ3n) is 2.30. The molecule has 0 spiro atoms. The van der Waals surface area contributed by atoms with Gasteiger partial charge < -0.3 is 10.1 Å². The number of ether oxygens (including phenoxy) is 1. The molecule has 1 N–H and O–H groups in total. The van der Waals surface area contributed by atoms with Crippen LogP contribution < -0.4 is 5.32 Å². The van der Waals surface area contributed by atoms with Gasteiger partial charge in [0.05, 0.1) is 13.0 Å². The molecule has 0 fully saturated rings. The summed E-state index contributed by atoms with van der Waals surface area (Å²) in [6.45, 7) is 9.64. The first-order valence-electron chi connectivity index (χ1n) is 5.95. The van der Waals surface area contributed by atoms with Crippen LogP contribution in [0.5, 0.6) is 0 Å². The van der Waals surface area contributed by atoms with E-state index in [9.17, 15) is 4.79 Å². The van der Waals surface area contributed by atoms with Crippen LogP contribution in [-0.2, 0) is 9.53 Å². The average Bonchev–Trinajstić information content (AvgIpc) is 2.15. The van der Waals surface area contributed by atoms with Gasteiger partial charge in [-0.05, 0) is 32.6 Å². The molecule has 0 amide bonds. The zero-order valence-electron chi connectivity index (χ0n) is 10.5. The summed E-state index contributed by atoms with van der Waals surface area (Å²) in [6.07, 6.45) is 2.87. The molecule has 0 rings (SSSR count). The Labute approximate surface area is 93.6 Å². The number of carbonyl (C=O) groups excluding carboxylic acids is 1. The van der Waals surface area contributed by atoms with Crippen LogP contribution in [0.2, 0.25) is 0 Å². The van der Waals surface area contributed by atoms with Crippen molar-refractivity contribution >= 4 is 5.97 Å². The zero-order valence-corrected chi connectivity index (χ0v) is 10.5. The summed E-state index contributed by atoms with van der Waals surface area (Å²) in [7, 11) is 0. The quantitative estimate of drug-likeness (QED) is 0.632. The Balaban J connectivity index is 3.38. The predicted molar refractivity (Wildman–Crippen MR) is 62.8 cm³/mol. The molecular formula is C12H25NO2. The third-order valence-corrected chi connectivity index (χ3v) is 2.30. The number of hydrogen-bond donors (Lipinski definition) is 1. The van der Waals surface area contributed by atoms with Crippen molar-refractivity contribution in [3.63, 3.8) is 0 Å². The fourth-order valence-electron chi connectivity index (χ4n) is 1.34. The summed E-state index contributed by atoms with van der Waals surface area (Å²) < 4.78 is 4.84. The summed E-state index contributed by atoms with van der Waals surface area (Å²) in [5.74, 6) is 0.639. The Morgan fingerprint density at radius 3 is 2.47 bits per heavy atom. The van der Waals surface area contributed by atoms with E-state index in [1.54, 1.807) is 0 Å². The summed E-state index contributed by atoms with van der Waals surface area (Å²) in [4.78, 5) is 11.0. The van der Waals surface area contributed by atoms with Gasteiger partial charge in [0.15, 0.2) is 0 Å². The fourth-order valence-corrected chi connectivity index (χ4v) is 1.34. The first-order valence-corrected chi connectivity index (χ1v) is 5.95. The van der Waals surface area contributed by atoms with Gasteiger partial charge in [0.1, 0.15) is 0 Å². The molecular weight excluding hydrogens is 190 g/mol. The minimum Gasteiger partial charge on any atom is -0.466 e. The van der Waals surface area contributed by atoms with Gasteiger partial charge in [-0.25, -0.2) is 0 Å². The number of hydrogen-bond acceptors (Lipinski definition) is 3. The molecule has 3 heteroatoms. The second-order valence-electron chi connectivity index (χ2n) is 4.38. The minimum absolute atomic E-state index is 0.110. The lowest BCUT2D eigenvalue weighted by molar-refractivity contribution is -0.142. The maximum atomic E-state index is 11.0. The summed E-state index contributed by atoms with van der Waals surface area (Å²) in [5, 5.41) is 3.33. The minimum atomic E-state index is -0.110. The van der Waals surface area contributed by atoms with E-state index in [-0.39, 0.29) is 5.97 Å². The van der Waals surface area contributed by atoms with Crippen molar-refractivity contribution in [3.8, 4) is 0 Å². The van der Waals surface area contributed by atoms with Gasteiger partial charge in [0, 0.05) is 12.6 Å². The summed E-state index contributed by atoms with van der Waals surface area (Å²) in [5.41, 5.74) is 0. The molecule has 1 unspecified atom stereocenters.